The second-order valence-corrected chi connectivity index (χ2v) is 6.30. The number of hydrogen-bond acceptors (Lipinski definition) is 4. The highest BCUT2D eigenvalue weighted by Gasteiger charge is 2.16. The van der Waals surface area contributed by atoms with Crippen molar-refractivity contribution in [3.05, 3.63) is 53.6 Å². The molecule has 144 valence electrons. The number of nitrogens with one attached hydrogen (secondary N) is 1. The molecule has 0 aliphatic carbocycles. The molecular weight excluding hydrogens is 344 g/mol. The summed E-state index contributed by atoms with van der Waals surface area (Å²) in [4.78, 5) is 26.1. The molecule has 0 aliphatic rings. The third kappa shape index (κ3) is 6.33. The van der Waals surface area contributed by atoms with Crippen molar-refractivity contribution in [1.29, 1.82) is 0 Å². The molecule has 6 heteroatoms. The van der Waals surface area contributed by atoms with E-state index in [2.05, 4.69) is 5.32 Å². The van der Waals surface area contributed by atoms with Crippen molar-refractivity contribution in [2.75, 3.05) is 32.1 Å². The number of carbonyl (C=O) groups excluding carboxylic acids is 2. The van der Waals surface area contributed by atoms with Crippen molar-refractivity contribution in [2.24, 2.45) is 0 Å². The first kappa shape index (κ1) is 20.3. The van der Waals surface area contributed by atoms with Crippen LogP contribution in [0.2, 0.25) is 0 Å². The zero-order chi connectivity index (χ0) is 19.8. The molecule has 2 aromatic rings. The van der Waals surface area contributed by atoms with E-state index in [4.69, 9.17) is 9.47 Å². The van der Waals surface area contributed by atoms with Crippen LogP contribution < -0.4 is 14.8 Å². The van der Waals surface area contributed by atoms with Gasteiger partial charge >= 0.3 is 0 Å². The summed E-state index contributed by atoms with van der Waals surface area (Å²) in [5, 5.41) is 2.77. The third-order valence-electron chi connectivity index (χ3n) is 4.00. The summed E-state index contributed by atoms with van der Waals surface area (Å²) < 4.78 is 10.7. The molecule has 27 heavy (non-hydrogen) atoms. The largest absolute Gasteiger partial charge is 0.497 e. The van der Waals surface area contributed by atoms with E-state index in [-0.39, 0.29) is 25.0 Å². The fraction of sp³-hybridized carbons (Fsp3) is 0.333. The number of anilines is 1. The molecule has 0 heterocycles. The van der Waals surface area contributed by atoms with Crippen LogP contribution in [0.1, 0.15) is 18.1 Å². The number of ether oxygens (including phenoxy) is 2. The normalized spacial score (nSPS) is 10.2. The first-order chi connectivity index (χ1) is 12.9. The van der Waals surface area contributed by atoms with E-state index >= 15 is 0 Å². The van der Waals surface area contributed by atoms with Crippen LogP contribution in [0.4, 0.5) is 5.69 Å². The van der Waals surface area contributed by atoms with Gasteiger partial charge in [0, 0.05) is 12.2 Å². The molecule has 2 amide bonds. The Hall–Kier alpha value is -3.02. The van der Waals surface area contributed by atoms with Crippen molar-refractivity contribution >= 4 is 17.5 Å². The van der Waals surface area contributed by atoms with Crippen LogP contribution in [-0.2, 0) is 9.59 Å². The van der Waals surface area contributed by atoms with E-state index in [9.17, 15) is 9.59 Å². The van der Waals surface area contributed by atoms with Gasteiger partial charge in [-0.05, 0) is 68.3 Å². The summed E-state index contributed by atoms with van der Waals surface area (Å²) >= 11 is 0. The molecule has 2 rings (SSSR count). The molecule has 6 nitrogen and oxygen atoms in total. The molecule has 1 N–H and O–H groups in total. The van der Waals surface area contributed by atoms with Gasteiger partial charge in [-0.25, -0.2) is 0 Å². The fourth-order valence-corrected chi connectivity index (χ4v) is 2.68. The average molecular weight is 370 g/mol. The number of benzene rings is 2. The highest BCUT2D eigenvalue weighted by Crippen LogP contribution is 2.17. The molecule has 0 saturated carbocycles. The number of methoxy groups -OCH3 is 1. The summed E-state index contributed by atoms with van der Waals surface area (Å²) in [6.07, 6.45) is 0. The Bertz CT molecular complexity index is 767. The predicted octanol–water partition coefficient (Wildman–Crippen LogP) is 3.18. The molecule has 0 spiro atoms. The number of hydrogen-bond donors (Lipinski definition) is 1. The molecule has 0 radical (unpaired) electrons. The Morgan fingerprint density at radius 3 is 2.19 bits per heavy atom. The van der Waals surface area contributed by atoms with Crippen LogP contribution in [0.25, 0.3) is 0 Å². The summed E-state index contributed by atoms with van der Waals surface area (Å²) in [7, 11) is 1.58. The van der Waals surface area contributed by atoms with Crippen molar-refractivity contribution in [3.8, 4) is 11.5 Å². The van der Waals surface area contributed by atoms with Gasteiger partial charge in [-0.3, -0.25) is 9.59 Å². The van der Waals surface area contributed by atoms with Gasteiger partial charge in [0.15, 0.2) is 6.61 Å². The van der Waals surface area contributed by atoms with Crippen LogP contribution >= 0.6 is 0 Å². The number of nitrogens with zero attached hydrogens (tertiary/aromatic N) is 1. The van der Waals surface area contributed by atoms with Crippen LogP contribution in [0, 0.1) is 13.8 Å². The zero-order valence-electron chi connectivity index (χ0n) is 16.2. The Labute approximate surface area is 160 Å². The maximum absolute atomic E-state index is 12.4. The first-order valence-electron chi connectivity index (χ1n) is 8.84. The Morgan fingerprint density at radius 1 is 1.00 bits per heavy atom. The van der Waals surface area contributed by atoms with Crippen molar-refractivity contribution in [2.45, 2.75) is 20.8 Å². The third-order valence-corrected chi connectivity index (χ3v) is 4.00. The van der Waals surface area contributed by atoms with Crippen LogP contribution in [0.3, 0.4) is 0 Å². The van der Waals surface area contributed by atoms with Crippen LogP contribution in [0.5, 0.6) is 11.5 Å². The molecule has 0 aliphatic heterocycles. The number of aryl methyl sites for hydroxylation is 2. The van der Waals surface area contributed by atoms with Crippen molar-refractivity contribution in [1.82, 2.24) is 4.90 Å². The monoisotopic (exact) mass is 370 g/mol. The Kier molecular flexibility index (Phi) is 7.23. The van der Waals surface area contributed by atoms with E-state index in [1.807, 2.05) is 39.0 Å². The lowest BCUT2D eigenvalue weighted by atomic mass is 10.1. The maximum atomic E-state index is 12.4. The summed E-state index contributed by atoms with van der Waals surface area (Å²) in [6, 6.07) is 12.8. The topological polar surface area (TPSA) is 67.9 Å². The van der Waals surface area contributed by atoms with E-state index in [1.165, 1.54) is 4.90 Å². The molecule has 0 saturated heterocycles. The van der Waals surface area contributed by atoms with Crippen LogP contribution in [0.15, 0.2) is 42.5 Å². The number of likely N-dealkylation sites (N-methyl/N-ethyl adjacent to an activating group) is 1. The lowest BCUT2D eigenvalue weighted by Crippen LogP contribution is -2.40. The standard InChI is InChI=1S/C21H26N2O4/c1-5-23(13-20(24)22-17-6-8-18(26-4)9-7-17)21(25)14-27-19-11-15(2)10-16(3)12-19/h6-12H,5,13-14H2,1-4H3,(H,22,24). The number of carbonyl (C=O) groups is 2. The fourth-order valence-electron chi connectivity index (χ4n) is 2.68. The second kappa shape index (κ2) is 9.62. The van der Waals surface area contributed by atoms with Gasteiger partial charge in [0.1, 0.15) is 11.5 Å². The van der Waals surface area contributed by atoms with Gasteiger partial charge in [-0.15, -0.1) is 0 Å². The minimum Gasteiger partial charge on any atom is -0.497 e. The van der Waals surface area contributed by atoms with Crippen molar-refractivity contribution < 1.29 is 19.1 Å². The zero-order valence-corrected chi connectivity index (χ0v) is 16.2. The Morgan fingerprint density at radius 2 is 1.63 bits per heavy atom. The van der Waals surface area contributed by atoms with Gasteiger partial charge in [0.05, 0.1) is 13.7 Å². The van der Waals surface area contributed by atoms with Gasteiger partial charge < -0.3 is 19.7 Å². The molecule has 0 atom stereocenters. The Balaban J connectivity index is 1.88. The smallest absolute Gasteiger partial charge is 0.260 e. The lowest BCUT2D eigenvalue weighted by molar-refractivity contribution is -0.136. The summed E-state index contributed by atoms with van der Waals surface area (Å²) in [5.41, 5.74) is 2.79. The molecule has 0 unspecified atom stereocenters. The van der Waals surface area contributed by atoms with Gasteiger partial charge in [0.2, 0.25) is 5.91 Å². The number of rotatable bonds is 8. The average Bonchev–Trinajstić information content (AvgIpc) is 2.64. The maximum Gasteiger partial charge on any atom is 0.260 e. The highest BCUT2D eigenvalue weighted by molar-refractivity contribution is 5.94. The second-order valence-electron chi connectivity index (χ2n) is 6.30. The van der Waals surface area contributed by atoms with Gasteiger partial charge in [-0.2, -0.15) is 0 Å². The van der Waals surface area contributed by atoms with Crippen LogP contribution in [-0.4, -0.2) is 43.5 Å². The highest BCUT2D eigenvalue weighted by atomic mass is 16.5. The van der Waals surface area contributed by atoms with E-state index in [1.54, 1.807) is 31.4 Å². The summed E-state index contributed by atoms with van der Waals surface area (Å²) in [6.45, 7) is 6.07. The molecular formula is C21H26N2O4. The first-order valence-corrected chi connectivity index (χ1v) is 8.84. The minimum absolute atomic E-state index is 0.0302. The SMILES string of the molecule is CCN(CC(=O)Nc1ccc(OC)cc1)C(=O)COc1cc(C)cc(C)c1. The van der Waals surface area contributed by atoms with E-state index < -0.39 is 0 Å². The molecule has 2 aromatic carbocycles. The number of amides is 2. The van der Waals surface area contributed by atoms with E-state index in [0.717, 1.165) is 11.1 Å². The molecule has 0 bridgehead atoms. The lowest BCUT2D eigenvalue weighted by Gasteiger charge is -2.20. The van der Waals surface area contributed by atoms with Gasteiger partial charge in [-0.1, -0.05) is 6.07 Å². The predicted molar refractivity (Wildman–Crippen MR) is 105 cm³/mol. The van der Waals surface area contributed by atoms with E-state index in [0.29, 0.717) is 23.7 Å². The summed E-state index contributed by atoms with van der Waals surface area (Å²) in [5.74, 6) is 0.866. The van der Waals surface area contributed by atoms with Crippen molar-refractivity contribution in [3.63, 3.8) is 0 Å². The van der Waals surface area contributed by atoms with Gasteiger partial charge in [0.25, 0.3) is 5.91 Å². The molecule has 0 fully saturated rings. The minimum atomic E-state index is -0.262. The quantitative estimate of drug-likeness (QED) is 0.775. The molecule has 0 aromatic heterocycles.